The molecule has 0 bridgehead atoms. The Bertz CT molecular complexity index is 615. The van der Waals surface area contributed by atoms with Gasteiger partial charge in [0.05, 0.1) is 0 Å². The summed E-state index contributed by atoms with van der Waals surface area (Å²) in [7, 11) is 0. The lowest BCUT2D eigenvalue weighted by molar-refractivity contribution is -0.114. The third-order valence-corrected chi connectivity index (χ3v) is 3.10. The highest BCUT2D eigenvalue weighted by molar-refractivity contribution is 5.90. The molecule has 114 valence electrons. The summed E-state index contributed by atoms with van der Waals surface area (Å²) in [4.78, 5) is 27.0. The second-order valence-electron chi connectivity index (χ2n) is 4.86. The molecule has 0 fully saturated rings. The molecule has 1 amide bonds. The largest absolute Gasteiger partial charge is 0.444 e. The van der Waals surface area contributed by atoms with Crippen molar-refractivity contribution in [2.75, 3.05) is 11.9 Å². The van der Waals surface area contributed by atoms with Gasteiger partial charge in [-0.15, -0.1) is 0 Å². The molecule has 1 aromatic heterocycles. The summed E-state index contributed by atoms with van der Waals surface area (Å²) in [6, 6.07) is 3.36. The number of carbonyl (C=O) groups is 2. The van der Waals surface area contributed by atoms with E-state index in [1.807, 2.05) is 6.08 Å². The molecular formula is C17H18N2O3. The van der Waals surface area contributed by atoms with Crippen molar-refractivity contribution in [3.63, 3.8) is 0 Å². The Balaban J connectivity index is 1.81. The minimum Gasteiger partial charge on any atom is -0.444 e. The number of aromatic nitrogens is 1. The maximum Gasteiger partial charge on any atom is 0.413 e. The van der Waals surface area contributed by atoms with Gasteiger partial charge in [0.1, 0.15) is 12.4 Å². The molecule has 5 heteroatoms. The van der Waals surface area contributed by atoms with E-state index in [0.29, 0.717) is 5.82 Å². The molecule has 2 rings (SSSR count). The highest BCUT2D eigenvalue weighted by atomic mass is 16.5. The fourth-order valence-electron chi connectivity index (χ4n) is 1.94. The molecule has 0 atom stereocenters. The van der Waals surface area contributed by atoms with Crippen LogP contribution in [0.3, 0.4) is 0 Å². The van der Waals surface area contributed by atoms with Crippen LogP contribution in [0.1, 0.15) is 18.4 Å². The molecule has 0 saturated heterocycles. The zero-order valence-electron chi connectivity index (χ0n) is 12.2. The van der Waals surface area contributed by atoms with Gasteiger partial charge in [-0.05, 0) is 36.1 Å². The van der Waals surface area contributed by atoms with Crippen LogP contribution in [0.4, 0.5) is 10.6 Å². The van der Waals surface area contributed by atoms with Crippen LogP contribution in [0.5, 0.6) is 0 Å². The van der Waals surface area contributed by atoms with E-state index in [-0.39, 0.29) is 18.8 Å². The van der Waals surface area contributed by atoms with Gasteiger partial charge in [-0.1, -0.05) is 30.9 Å². The number of carbonyl (C=O) groups excluding carboxylic acids is 2. The van der Waals surface area contributed by atoms with Gasteiger partial charge in [0.25, 0.3) is 0 Å². The van der Waals surface area contributed by atoms with Gasteiger partial charge in [0.2, 0.25) is 0 Å². The SMILES string of the molecule is C=CC(=O)Cc1ccc(NC(=O)OCC2=CCCC=C2)nc1. The van der Waals surface area contributed by atoms with Crippen molar-refractivity contribution >= 4 is 17.7 Å². The molecule has 1 heterocycles. The van der Waals surface area contributed by atoms with E-state index in [2.05, 4.69) is 29.0 Å². The van der Waals surface area contributed by atoms with E-state index in [1.165, 1.54) is 6.08 Å². The normalized spacial score (nSPS) is 13.2. The van der Waals surface area contributed by atoms with Crippen molar-refractivity contribution in [2.24, 2.45) is 0 Å². The van der Waals surface area contributed by atoms with E-state index >= 15 is 0 Å². The number of ether oxygens (including phenoxy) is 1. The predicted molar refractivity (Wildman–Crippen MR) is 84.6 cm³/mol. The number of allylic oxidation sites excluding steroid dienone is 3. The van der Waals surface area contributed by atoms with E-state index in [0.717, 1.165) is 24.0 Å². The Morgan fingerprint density at radius 1 is 1.36 bits per heavy atom. The molecule has 0 aromatic carbocycles. The topological polar surface area (TPSA) is 68.3 Å². The zero-order chi connectivity index (χ0) is 15.8. The third kappa shape index (κ3) is 5.01. The van der Waals surface area contributed by atoms with Crippen LogP contribution < -0.4 is 5.32 Å². The molecule has 1 N–H and O–H groups in total. The van der Waals surface area contributed by atoms with E-state index in [9.17, 15) is 9.59 Å². The number of hydrogen-bond donors (Lipinski definition) is 1. The number of nitrogens with one attached hydrogen (secondary N) is 1. The summed E-state index contributed by atoms with van der Waals surface area (Å²) in [5, 5.41) is 2.55. The van der Waals surface area contributed by atoms with Crippen molar-refractivity contribution in [1.29, 1.82) is 0 Å². The summed E-state index contributed by atoms with van der Waals surface area (Å²) in [6.45, 7) is 3.66. The van der Waals surface area contributed by atoms with Crippen molar-refractivity contribution < 1.29 is 14.3 Å². The quantitative estimate of drug-likeness (QED) is 0.819. The van der Waals surface area contributed by atoms with Crippen LogP contribution in [0.2, 0.25) is 0 Å². The number of nitrogens with zero attached hydrogens (tertiary/aromatic N) is 1. The highest BCUT2D eigenvalue weighted by Gasteiger charge is 2.07. The first kappa shape index (κ1) is 15.7. The first-order chi connectivity index (χ1) is 10.7. The van der Waals surface area contributed by atoms with Gasteiger partial charge in [-0.25, -0.2) is 9.78 Å². The monoisotopic (exact) mass is 298 g/mol. The molecule has 0 saturated carbocycles. The van der Waals surface area contributed by atoms with E-state index < -0.39 is 6.09 Å². The molecule has 1 aliphatic rings. The Morgan fingerprint density at radius 3 is 2.86 bits per heavy atom. The van der Waals surface area contributed by atoms with Crippen molar-refractivity contribution in [1.82, 2.24) is 4.98 Å². The Morgan fingerprint density at radius 2 is 2.23 bits per heavy atom. The molecule has 0 unspecified atom stereocenters. The van der Waals surface area contributed by atoms with Crippen LogP contribution in [-0.2, 0) is 16.0 Å². The second-order valence-corrected chi connectivity index (χ2v) is 4.86. The first-order valence-electron chi connectivity index (χ1n) is 7.07. The molecule has 5 nitrogen and oxygen atoms in total. The maximum atomic E-state index is 11.7. The molecule has 1 aromatic rings. The molecule has 22 heavy (non-hydrogen) atoms. The molecule has 1 aliphatic carbocycles. The average molecular weight is 298 g/mol. The fourth-order valence-corrected chi connectivity index (χ4v) is 1.94. The number of rotatable bonds is 6. The first-order valence-corrected chi connectivity index (χ1v) is 7.07. The molecule has 0 radical (unpaired) electrons. The van der Waals surface area contributed by atoms with E-state index in [1.54, 1.807) is 18.3 Å². The number of anilines is 1. The van der Waals surface area contributed by atoms with Crippen molar-refractivity contribution in [2.45, 2.75) is 19.3 Å². The van der Waals surface area contributed by atoms with Crippen molar-refractivity contribution in [3.8, 4) is 0 Å². The van der Waals surface area contributed by atoms with Gasteiger partial charge < -0.3 is 4.74 Å². The summed E-state index contributed by atoms with van der Waals surface area (Å²) in [6.07, 6.45) is 10.6. The smallest absolute Gasteiger partial charge is 0.413 e. The summed E-state index contributed by atoms with van der Waals surface area (Å²) in [5.74, 6) is 0.309. The zero-order valence-corrected chi connectivity index (χ0v) is 12.2. The molecular weight excluding hydrogens is 280 g/mol. The third-order valence-electron chi connectivity index (χ3n) is 3.10. The minimum atomic E-state index is -0.553. The second kappa shape index (κ2) is 7.93. The van der Waals surface area contributed by atoms with Crippen LogP contribution in [0.15, 0.2) is 54.8 Å². The number of amides is 1. The Kier molecular flexibility index (Phi) is 5.65. The molecule has 0 spiro atoms. The maximum absolute atomic E-state index is 11.7. The lowest BCUT2D eigenvalue weighted by atomic mass is 10.1. The van der Waals surface area contributed by atoms with Crippen LogP contribution >= 0.6 is 0 Å². The summed E-state index contributed by atoms with van der Waals surface area (Å²) >= 11 is 0. The standard InChI is InChI=1S/C17H18N2O3/c1-2-15(20)10-14-8-9-16(18-11-14)19-17(21)22-12-13-6-4-3-5-7-13/h2,4,6-9,11H,1,3,5,10,12H2,(H,18,19,21). The van der Waals surface area contributed by atoms with Crippen LogP contribution in [0.25, 0.3) is 0 Å². The average Bonchev–Trinajstić information content (AvgIpc) is 2.55. The Hall–Kier alpha value is -2.69. The Labute approximate surface area is 129 Å². The van der Waals surface area contributed by atoms with E-state index in [4.69, 9.17) is 4.74 Å². The summed E-state index contributed by atoms with van der Waals surface area (Å²) < 4.78 is 5.12. The minimum absolute atomic E-state index is 0.0734. The van der Waals surface area contributed by atoms with Crippen LogP contribution in [0, 0.1) is 0 Å². The van der Waals surface area contributed by atoms with Gasteiger partial charge in [0.15, 0.2) is 5.78 Å². The number of pyridine rings is 1. The fraction of sp³-hybridized carbons (Fsp3) is 0.235. The predicted octanol–water partition coefficient (Wildman–Crippen LogP) is 3.20. The lowest BCUT2D eigenvalue weighted by Gasteiger charge is -2.09. The molecule has 0 aliphatic heterocycles. The van der Waals surface area contributed by atoms with Crippen LogP contribution in [-0.4, -0.2) is 23.5 Å². The van der Waals surface area contributed by atoms with Gasteiger partial charge >= 0.3 is 6.09 Å². The lowest BCUT2D eigenvalue weighted by Crippen LogP contribution is -2.16. The van der Waals surface area contributed by atoms with Gasteiger partial charge in [-0.3, -0.25) is 10.1 Å². The summed E-state index contributed by atoms with van der Waals surface area (Å²) in [5.41, 5.74) is 1.76. The number of ketones is 1. The van der Waals surface area contributed by atoms with Gasteiger partial charge in [0, 0.05) is 12.6 Å². The highest BCUT2D eigenvalue weighted by Crippen LogP contribution is 2.11. The number of hydrogen-bond acceptors (Lipinski definition) is 4. The van der Waals surface area contributed by atoms with Gasteiger partial charge in [-0.2, -0.15) is 0 Å². The van der Waals surface area contributed by atoms with Crippen molar-refractivity contribution in [3.05, 3.63) is 60.3 Å².